The summed E-state index contributed by atoms with van der Waals surface area (Å²) >= 11 is 1.53. The zero-order chi connectivity index (χ0) is 10.9. The van der Waals surface area contributed by atoms with Gasteiger partial charge in [-0.05, 0) is 11.8 Å². The highest BCUT2D eigenvalue weighted by Crippen LogP contribution is 2.43. The smallest absolute Gasteiger partial charge is 0.318 e. The van der Waals surface area contributed by atoms with Gasteiger partial charge in [-0.3, -0.25) is 4.79 Å². The minimum Gasteiger partial charge on any atom is -0.468 e. The van der Waals surface area contributed by atoms with E-state index in [0.717, 1.165) is 0 Å². The van der Waals surface area contributed by atoms with Gasteiger partial charge in [0, 0.05) is 5.25 Å². The zero-order valence-corrected chi connectivity index (χ0v) is 9.93. The van der Waals surface area contributed by atoms with Crippen LogP contribution in [0.4, 0.5) is 0 Å². The Labute approximate surface area is 89.2 Å². The molecule has 0 bridgehead atoms. The van der Waals surface area contributed by atoms with E-state index in [-0.39, 0.29) is 21.9 Å². The molecule has 82 valence electrons. The van der Waals surface area contributed by atoms with Crippen LogP contribution in [0.3, 0.4) is 0 Å². The first-order valence-electron chi connectivity index (χ1n) is 4.77. The number of thioether (sulfide) groups is 1. The van der Waals surface area contributed by atoms with Crippen LogP contribution in [0.2, 0.25) is 0 Å². The maximum atomic E-state index is 11.3. The maximum Gasteiger partial charge on any atom is 0.318 e. The number of ether oxygens (including phenoxy) is 1. The lowest BCUT2D eigenvalue weighted by Crippen LogP contribution is -2.30. The first kappa shape index (κ1) is 11.9. The van der Waals surface area contributed by atoms with Gasteiger partial charge in [-0.1, -0.05) is 20.8 Å². The van der Waals surface area contributed by atoms with Crippen molar-refractivity contribution in [1.82, 2.24) is 0 Å². The Bertz CT molecular complexity index is 222. The van der Waals surface area contributed by atoms with E-state index in [1.807, 2.05) is 0 Å². The number of aliphatic hydroxyl groups excluding tert-OH is 1. The molecule has 0 amide bonds. The van der Waals surface area contributed by atoms with E-state index in [2.05, 4.69) is 25.5 Å². The largest absolute Gasteiger partial charge is 0.468 e. The maximum absolute atomic E-state index is 11.3. The third-order valence-electron chi connectivity index (χ3n) is 2.43. The predicted molar refractivity (Wildman–Crippen MR) is 57.3 cm³/mol. The molecule has 1 rings (SSSR count). The summed E-state index contributed by atoms with van der Waals surface area (Å²) in [5, 5.41) is 9.73. The van der Waals surface area contributed by atoms with Crippen molar-refractivity contribution in [2.24, 2.45) is 5.41 Å². The second-order valence-electron chi connectivity index (χ2n) is 4.74. The van der Waals surface area contributed by atoms with E-state index >= 15 is 0 Å². The van der Waals surface area contributed by atoms with Crippen LogP contribution in [-0.4, -0.2) is 34.8 Å². The molecule has 3 nitrogen and oxygen atoms in total. The van der Waals surface area contributed by atoms with Crippen molar-refractivity contribution in [1.29, 1.82) is 0 Å². The molecule has 0 aromatic heterocycles. The van der Waals surface area contributed by atoms with Crippen molar-refractivity contribution < 1.29 is 14.6 Å². The molecule has 1 heterocycles. The fourth-order valence-corrected chi connectivity index (χ4v) is 3.30. The molecule has 0 aliphatic carbocycles. The topological polar surface area (TPSA) is 46.5 Å². The predicted octanol–water partition coefficient (Wildman–Crippen LogP) is 1.44. The quantitative estimate of drug-likeness (QED) is 0.677. The van der Waals surface area contributed by atoms with Gasteiger partial charge in [-0.2, -0.15) is 0 Å². The van der Waals surface area contributed by atoms with Crippen molar-refractivity contribution in [2.45, 2.75) is 43.8 Å². The number of hydrogen-bond acceptors (Lipinski definition) is 4. The van der Waals surface area contributed by atoms with E-state index in [0.29, 0.717) is 6.42 Å². The molecule has 0 spiro atoms. The van der Waals surface area contributed by atoms with Crippen molar-refractivity contribution in [3.8, 4) is 0 Å². The third kappa shape index (κ3) is 2.42. The molecule has 1 aliphatic rings. The van der Waals surface area contributed by atoms with Crippen LogP contribution in [0, 0.1) is 5.41 Å². The monoisotopic (exact) mass is 218 g/mol. The van der Waals surface area contributed by atoms with Gasteiger partial charge in [-0.15, -0.1) is 11.8 Å². The number of methoxy groups -OCH3 is 1. The van der Waals surface area contributed by atoms with Gasteiger partial charge in [0.1, 0.15) is 5.25 Å². The number of esters is 1. The first-order chi connectivity index (χ1) is 6.36. The molecule has 1 fully saturated rings. The molecule has 14 heavy (non-hydrogen) atoms. The van der Waals surface area contributed by atoms with Crippen LogP contribution in [0.25, 0.3) is 0 Å². The molecule has 3 atom stereocenters. The standard InChI is InChI=1S/C10H18O3S/c1-10(2,3)8-6(11)5-7(14-8)9(12)13-4/h6-8,11H,5H2,1-4H3. The average molecular weight is 218 g/mol. The Balaban J connectivity index is 2.65. The normalized spacial score (nSPS) is 33.1. The lowest BCUT2D eigenvalue weighted by atomic mass is 9.87. The molecule has 0 aromatic carbocycles. The molecular weight excluding hydrogens is 200 g/mol. The minimum atomic E-state index is -0.399. The molecule has 0 radical (unpaired) electrons. The summed E-state index contributed by atoms with van der Waals surface area (Å²) in [7, 11) is 1.39. The number of aliphatic hydroxyl groups is 1. The van der Waals surface area contributed by atoms with E-state index in [1.165, 1.54) is 18.9 Å². The molecule has 0 saturated carbocycles. The molecule has 3 unspecified atom stereocenters. The van der Waals surface area contributed by atoms with Gasteiger partial charge in [-0.25, -0.2) is 0 Å². The van der Waals surface area contributed by atoms with Crippen LogP contribution in [-0.2, 0) is 9.53 Å². The highest BCUT2D eigenvalue weighted by atomic mass is 32.2. The zero-order valence-electron chi connectivity index (χ0n) is 9.11. The Morgan fingerprint density at radius 2 is 2.07 bits per heavy atom. The number of rotatable bonds is 1. The van der Waals surface area contributed by atoms with Gasteiger partial charge in [0.15, 0.2) is 0 Å². The second-order valence-corrected chi connectivity index (χ2v) is 6.09. The summed E-state index contributed by atoms with van der Waals surface area (Å²) in [6.07, 6.45) is 0.114. The van der Waals surface area contributed by atoms with Crippen molar-refractivity contribution in [3.05, 3.63) is 0 Å². The number of carbonyl (C=O) groups excluding carboxylic acids is 1. The van der Waals surface area contributed by atoms with Gasteiger partial charge in [0.2, 0.25) is 0 Å². The van der Waals surface area contributed by atoms with Gasteiger partial charge in [0.05, 0.1) is 13.2 Å². The van der Waals surface area contributed by atoms with E-state index in [9.17, 15) is 9.90 Å². The summed E-state index contributed by atoms with van der Waals surface area (Å²) in [5.41, 5.74) is 0.0207. The summed E-state index contributed by atoms with van der Waals surface area (Å²) in [6.45, 7) is 6.23. The van der Waals surface area contributed by atoms with Crippen molar-refractivity contribution in [3.63, 3.8) is 0 Å². The SMILES string of the molecule is COC(=O)C1CC(O)C(C(C)(C)C)S1. The van der Waals surface area contributed by atoms with Crippen molar-refractivity contribution in [2.75, 3.05) is 7.11 Å². The lowest BCUT2D eigenvalue weighted by Gasteiger charge is -2.28. The molecule has 4 heteroatoms. The molecule has 1 saturated heterocycles. The van der Waals surface area contributed by atoms with E-state index in [4.69, 9.17) is 0 Å². The highest BCUT2D eigenvalue weighted by Gasteiger charge is 2.43. The second kappa shape index (κ2) is 4.11. The van der Waals surface area contributed by atoms with Crippen LogP contribution in [0.5, 0.6) is 0 Å². The number of carbonyl (C=O) groups is 1. The fraction of sp³-hybridized carbons (Fsp3) is 0.900. The first-order valence-corrected chi connectivity index (χ1v) is 5.72. The Hall–Kier alpha value is -0.220. The van der Waals surface area contributed by atoms with E-state index in [1.54, 1.807) is 0 Å². The Morgan fingerprint density at radius 1 is 1.50 bits per heavy atom. The summed E-state index contributed by atoms with van der Waals surface area (Å²) in [6, 6.07) is 0. The summed E-state index contributed by atoms with van der Waals surface area (Å²) in [5.74, 6) is -0.221. The van der Waals surface area contributed by atoms with Gasteiger partial charge in [0.25, 0.3) is 0 Å². The van der Waals surface area contributed by atoms with Crippen LogP contribution >= 0.6 is 11.8 Å². The van der Waals surface area contributed by atoms with Crippen LogP contribution in [0.1, 0.15) is 27.2 Å². The van der Waals surface area contributed by atoms with Crippen molar-refractivity contribution >= 4 is 17.7 Å². The molecule has 1 N–H and O–H groups in total. The molecular formula is C10H18O3S. The molecule has 0 aromatic rings. The fourth-order valence-electron chi connectivity index (χ4n) is 1.73. The Kier molecular flexibility index (Phi) is 3.48. The summed E-state index contributed by atoms with van der Waals surface area (Å²) < 4.78 is 4.67. The minimum absolute atomic E-state index is 0.0207. The van der Waals surface area contributed by atoms with Crippen LogP contribution in [0.15, 0.2) is 0 Å². The third-order valence-corrected chi connectivity index (χ3v) is 4.46. The molecule has 1 aliphatic heterocycles. The Morgan fingerprint density at radius 3 is 2.43 bits per heavy atom. The van der Waals surface area contributed by atoms with Gasteiger partial charge >= 0.3 is 5.97 Å². The summed E-state index contributed by atoms with van der Waals surface area (Å²) in [4.78, 5) is 11.3. The number of hydrogen-bond donors (Lipinski definition) is 1. The van der Waals surface area contributed by atoms with Gasteiger partial charge < -0.3 is 9.84 Å². The van der Waals surface area contributed by atoms with E-state index < -0.39 is 6.10 Å². The van der Waals surface area contributed by atoms with Crippen LogP contribution < -0.4 is 0 Å². The highest BCUT2D eigenvalue weighted by molar-refractivity contribution is 8.01. The average Bonchev–Trinajstić information content (AvgIpc) is 2.45. The lowest BCUT2D eigenvalue weighted by molar-refractivity contribution is -0.140.